The van der Waals surface area contributed by atoms with Crippen LogP contribution in [0.4, 0.5) is 10.1 Å². The molecule has 5 nitrogen and oxygen atoms in total. The maximum atomic E-state index is 13.0. The van der Waals surface area contributed by atoms with Crippen LogP contribution in [0.25, 0.3) is 11.3 Å². The second kappa shape index (κ2) is 8.55. The number of hydrogen-bond acceptors (Lipinski definition) is 5. The lowest BCUT2D eigenvalue weighted by atomic mass is 10.2. The second-order valence-corrected chi connectivity index (χ2v) is 6.70. The third kappa shape index (κ3) is 4.98. The Bertz CT molecular complexity index is 954. The van der Waals surface area contributed by atoms with Crippen LogP contribution in [0, 0.1) is 5.82 Å². The monoisotopic (exact) mass is 384 g/mol. The number of nitrogens with one attached hydrogen (secondary N) is 1. The van der Waals surface area contributed by atoms with Crippen molar-refractivity contribution in [2.24, 2.45) is 0 Å². The minimum Gasteiger partial charge on any atom is -0.465 e. The smallest absolute Gasteiger partial charge is 0.337 e. The average molecular weight is 384 g/mol. The second-order valence-electron chi connectivity index (χ2n) is 5.75. The number of carbonyl (C=O) groups excluding carboxylic acids is 2. The van der Waals surface area contributed by atoms with Gasteiger partial charge in [0.15, 0.2) is 0 Å². The molecule has 0 bridgehead atoms. The predicted molar refractivity (Wildman–Crippen MR) is 102 cm³/mol. The minimum atomic E-state index is -0.456. The summed E-state index contributed by atoms with van der Waals surface area (Å²) >= 11 is 1.46. The highest BCUT2D eigenvalue weighted by Crippen LogP contribution is 2.23. The van der Waals surface area contributed by atoms with Crippen LogP contribution < -0.4 is 5.32 Å². The Kier molecular flexibility index (Phi) is 5.93. The van der Waals surface area contributed by atoms with Crippen molar-refractivity contribution in [1.82, 2.24) is 4.98 Å². The van der Waals surface area contributed by atoms with Crippen LogP contribution in [0.15, 0.2) is 53.9 Å². The van der Waals surface area contributed by atoms with Gasteiger partial charge in [0.25, 0.3) is 0 Å². The van der Waals surface area contributed by atoms with E-state index in [1.54, 1.807) is 36.4 Å². The molecule has 1 heterocycles. The van der Waals surface area contributed by atoms with Gasteiger partial charge in [-0.25, -0.2) is 14.2 Å². The molecule has 0 saturated carbocycles. The summed E-state index contributed by atoms with van der Waals surface area (Å²) < 4.78 is 17.7. The summed E-state index contributed by atoms with van der Waals surface area (Å²) in [7, 11) is 1.31. The lowest BCUT2D eigenvalue weighted by molar-refractivity contribution is -0.116. The number of amides is 1. The highest BCUT2D eigenvalue weighted by molar-refractivity contribution is 7.09. The molecule has 0 aliphatic heterocycles. The Morgan fingerprint density at radius 3 is 2.70 bits per heavy atom. The first kappa shape index (κ1) is 18.7. The lowest BCUT2D eigenvalue weighted by Crippen LogP contribution is -2.13. The van der Waals surface area contributed by atoms with Gasteiger partial charge in [-0.2, -0.15) is 0 Å². The van der Waals surface area contributed by atoms with Crippen LogP contribution in [0.1, 0.15) is 21.8 Å². The maximum Gasteiger partial charge on any atom is 0.337 e. The quantitative estimate of drug-likeness (QED) is 0.643. The van der Waals surface area contributed by atoms with Gasteiger partial charge in [-0.15, -0.1) is 11.3 Å². The van der Waals surface area contributed by atoms with Crippen molar-refractivity contribution < 1.29 is 18.7 Å². The van der Waals surface area contributed by atoms with Crippen LogP contribution in [0.5, 0.6) is 0 Å². The summed E-state index contributed by atoms with van der Waals surface area (Å²) in [5.41, 5.74) is 2.51. The molecule has 0 unspecified atom stereocenters. The SMILES string of the molecule is COC(=O)c1cccc(NC(=O)CCc2nc(-c3ccc(F)cc3)cs2)c1. The summed E-state index contributed by atoms with van der Waals surface area (Å²) in [6.07, 6.45) is 0.757. The van der Waals surface area contributed by atoms with Crippen molar-refractivity contribution in [2.45, 2.75) is 12.8 Å². The van der Waals surface area contributed by atoms with Crippen molar-refractivity contribution in [3.05, 3.63) is 70.3 Å². The molecule has 0 saturated heterocycles. The number of esters is 1. The first-order chi connectivity index (χ1) is 13.0. The molecule has 0 spiro atoms. The molecule has 138 valence electrons. The van der Waals surface area contributed by atoms with Crippen molar-refractivity contribution in [2.75, 3.05) is 12.4 Å². The standard InChI is InChI=1S/C20H17FN2O3S/c1-26-20(25)14-3-2-4-16(11-14)22-18(24)9-10-19-23-17(12-27-19)13-5-7-15(21)8-6-13/h2-8,11-12H,9-10H2,1H3,(H,22,24). The van der Waals surface area contributed by atoms with E-state index in [4.69, 9.17) is 0 Å². The Balaban J connectivity index is 1.57. The lowest BCUT2D eigenvalue weighted by Gasteiger charge is -2.06. The number of rotatable bonds is 6. The van der Waals surface area contributed by atoms with E-state index in [1.807, 2.05) is 5.38 Å². The number of ether oxygens (including phenoxy) is 1. The van der Waals surface area contributed by atoms with Gasteiger partial charge in [0.2, 0.25) is 5.91 Å². The predicted octanol–water partition coefficient (Wildman–Crippen LogP) is 4.31. The number of aryl methyl sites for hydroxylation is 1. The van der Waals surface area contributed by atoms with Crippen molar-refractivity contribution >= 4 is 28.9 Å². The number of aromatic nitrogens is 1. The van der Waals surface area contributed by atoms with Crippen molar-refractivity contribution in [3.63, 3.8) is 0 Å². The first-order valence-electron chi connectivity index (χ1n) is 8.24. The fourth-order valence-corrected chi connectivity index (χ4v) is 3.27. The van der Waals surface area contributed by atoms with Gasteiger partial charge in [-0.3, -0.25) is 4.79 Å². The Morgan fingerprint density at radius 2 is 1.96 bits per heavy atom. The average Bonchev–Trinajstić information content (AvgIpc) is 3.15. The molecule has 27 heavy (non-hydrogen) atoms. The molecule has 1 N–H and O–H groups in total. The molecule has 0 aliphatic rings. The number of hydrogen-bond donors (Lipinski definition) is 1. The number of anilines is 1. The van der Waals surface area contributed by atoms with Gasteiger partial charge in [-0.05, 0) is 42.5 Å². The number of nitrogens with zero attached hydrogens (tertiary/aromatic N) is 1. The fourth-order valence-electron chi connectivity index (χ4n) is 2.46. The number of carbonyl (C=O) groups is 2. The van der Waals surface area contributed by atoms with E-state index in [9.17, 15) is 14.0 Å². The summed E-state index contributed by atoms with van der Waals surface area (Å²) in [6, 6.07) is 12.7. The molecular weight excluding hydrogens is 367 g/mol. The molecule has 0 atom stereocenters. The Labute approximate surface area is 159 Å². The summed E-state index contributed by atoms with van der Waals surface area (Å²) in [5, 5.41) is 5.48. The van der Waals surface area contributed by atoms with Gasteiger partial charge >= 0.3 is 5.97 Å². The molecule has 0 aliphatic carbocycles. The summed E-state index contributed by atoms with van der Waals surface area (Å²) in [6.45, 7) is 0. The van der Waals surface area contributed by atoms with E-state index in [-0.39, 0.29) is 18.1 Å². The molecule has 1 amide bonds. The van der Waals surface area contributed by atoms with Gasteiger partial charge in [-0.1, -0.05) is 6.07 Å². The normalized spacial score (nSPS) is 10.4. The van der Waals surface area contributed by atoms with Crippen molar-refractivity contribution in [1.29, 1.82) is 0 Å². The zero-order chi connectivity index (χ0) is 19.2. The largest absolute Gasteiger partial charge is 0.465 e. The third-order valence-electron chi connectivity index (χ3n) is 3.83. The molecule has 7 heteroatoms. The van der Waals surface area contributed by atoms with Gasteiger partial charge in [0.1, 0.15) is 5.82 Å². The Hall–Kier alpha value is -3.06. The number of benzene rings is 2. The third-order valence-corrected chi connectivity index (χ3v) is 4.73. The van der Waals surface area contributed by atoms with Crippen LogP contribution in [0.3, 0.4) is 0 Å². The van der Waals surface area contributed by atoms with Crippen LogP contribution in [-0.4, -0.2) is 24.0 Å². The number of halogens is 1. The van der Waals surface area contributed by atoms with E-state index in [1.165, 1.54) is 30.6 Å². The van der Waals surface area contributed by atoms with Crippen LogP contribution in [-0.2, 0) is 16.0 Å². The topological polar surface area (TPSA) is 68.3 Å². The van der Waals surface area contributed by atoms with E-state index >= 15 is 0 Å². The zero-order valence-corrected chi connectivity index (χ0v) is 15.4. The minimum absolute atomic E-state index is 0.171. The molecule has 1 aromatic heterocycles. The number of methoxy groups -OCH3 is 1. The maximum absolute atomic E-state index is 13.0. The van der Waals surface area contributed by atoms with Gasteiger partial charge in [0, 0.05) is 29.5 Å². The summed E-state index contributed by atoms with van der Waals surface area (Å²) in [5.74, 6) is -0.917. The molecular formula is C20H17FN2O3S. The van der Waals surface area contributed by atoms with Crippen LogP contribution in [0.2, 0.25) is 0 Å². The van der Waals surface area contributed by atoms with E-state index in [0.717, 1.165) is 16.3 Å². The van der Waals surface area contributed by atoms with Gasteiger partial charge < -0.3 is 10.1 Å². The first-order valence-corrected chi connectivity index (χ1v) is 9.11. The highest BCUT2D eigenvalue weighted by atomic mass is 32.1. The number of thiazole rings is 1. The summed E-state index contributed by atoms with van der Waals surface area (Å²) in [4.78, 5) is 28.2. The zero-order valence-electron chi connectivity index (χ0n) is 14.6. The van der Waals surface area contributed by atoms with Gasteiger partial charge in [0.05, 0.1) is 23.4 Å². The molecule has 3 rings (SSSR count). The van der Waals surface area contributed by atoms with Crippen LogP contribution >= 0.6 is 11.3 Å². The fraction of sp³-hybridized carbons (Fsp3) is 0.150. The van der Waals surface area contributed by atoms with Crippen molar-refractivity contribution in [3.8, 4) is 11.3 Å². The Morgan fingerprint density at radius 1 is 1.19 bits per heavy atom. The molecule has 3 aromatic rings. The molecule has 2 aromatic carbocycles. The molecule has 0 radical (unpaired) electrons. The molecule has 0 fully saturated rings. The van der Waals surface area contributed by atoms with E-state index in [0.29, 0.717) is 17.7 Å². The van der Waals surface area contributed by atoms with E-state index in [2.05, 4.69) is 15.0 Å². The highest BCUT2D eigenvalue weighted by Gasteiger charge is 2.10. The van der Waals surface area contributed by atoms with E-state index < -0.39 is 5.97 Å².